The Hall–Kier alpha value is -2.80. The molecule has 0 fully saturated rings. The molecule has 0 spiro atoms. The van der Waals surface area contributed by atoms with E-state index in [1.807, 2.05) is 18.2 Å². The fourth-order valence-electron chi connectivity index (χ4n) is 2.19. The molecule has 0 aliphatic heterocycles. The minimum atomic E-state index is -0.238. The molecule has 0 atom stereocenters. The Balaban J connectivity index is 1.91. The maximum absolute atomic E-state index is 12.2. The Morgan fingerprint density at radius 2 is 1.88 bits per heavy atom. The van der Waals surface area contributed by atoms with Crippen molar-refractivity contribution in [3.8, 4) is 11.5 Å². The molecule has 1 amide bonds. The average molecular weight is 345 g/mol. The van der Waals surface area contributed by atoms with Crippen LogP contribution < -0.4 is 20.1 Å². The minimum absolute atomic E-state index is 0.238. The second kappa shape index (κ2) is 9.48. The number of amides is 1. The Morgan fingerprint density at radius 1 is 1.08 bits per heavy atom. The third-order valence-electron chi connectivity index (χ3n) is 3.53. The molecule has 0 saturated carbocycles. The van der Waals surface area contributed by atoms with Gasteiger partial charge in [0.2, 0.25) is 0 Å². The molecule has 0 saturated heterocycles. The number of carbonyl (C=O) groups excluding carboxylic acids is 1. The van der Waals surface area contributed by atoms with Gasteiger partial charge in [0.1, 0.15) is 5.69 Å². The highest BCUT2D eigenvalue weighted by Crippen LogP contribution is 2.27. The number of hydrogen-bond acceptors (Lipinski definition) is 6. The molecule has 1 aromatic carbocycles. The quantitative estimate of drug-likeness (QED) is 0.677. The topological polar surface area (TPSA) is 81.7 Å². The number of carbonyl (C=O) groups is 1. The molecule has 0 aliphatic rings. The van der Waals surface area contributed by atoms with Crippen LogP contribution in [0.4, 0.5) is 5.69 Å². The van der Waals surface area contributed by atoms with Crippen LogP contribution in [0.5, 0.6) is 11.5 Å². The molecular weight excluding hydrogens is 322 g/mol. The van der Waals surface area contributed by atoms with Gasteiger partial charge in [-0.15, -0.1) is 0 Å². The molecule has 0 unspecified atom stereocenters. The summed E-state index contributed by atoms with van der Waals surface area (Å²) < 4.78 is 15.4. The smallest absolute Gasteiger partial charge is 0.270 e. The van der Waals surface area contributed by atoms with Crippen molar-refractivity contribution in [3.05, 3.63) is 47.8 Å². The zero-order valence-electron chi connectivity index (χ0n) is 14.7. The van der Waals surface area contributed by atoms with Crippen molar-refractivity contribution in [2.45, 2.75) is 6.54 Å². The van der Waals surface area contributed by atoms with Gasteiger partial charge in [-0.2, -0.15) is 0 Å². The molecule has 25 heavy (non-hydrogen) atoms. The fourth-order valence-corrected chi connectivity index (χ4v) is 2.19. The summed E-state index contributed by atoms with van der Waals surface area (Å²) in [7, 11) is 4.80. The Labute approximate surface area is 147 Å². The van der Waals surface area contributed by atoms with Crippen molar-refractivity contribution in [2.24, 2.45) is 0 Å². The molecule has 1 heterocycles. The first-order chi connectivity index (χ1) is 12.2. The number of hydrogen-bond donors (Lipinski definition) is 2. The molecule has 2 N–H and O–H groups in total. The molecule has 134 valence electrons. The molecule has 0 bridgehead atoms. The monoisotopic (exact) mass is 345 g/mol. The van der Waals surface area contributed by atoms with Crippen LogP contribution in [0.2, 0.25) is 0 Å². The normalized spacial score (nSPS) is 10.2. The largest absolute Gasteiger partial charge is 0.493 e. The van der Waals surface area contributed by atoms with Crippen molar-refractivity contribution < 1.29 is 19.0 Å². The van der Waals surface area contributed by atoms with Crippen LogP contribution in [-0.2, 0) is 11.3 Å². The van der Waals surface area contributed by atoms with E-state index in [0.717, 1.165) is 11.3 Å². The summed E-state index contributed by atoms with van der Waals surface area (Å²) in [6.07, 6.45) is 1.63. The predicted octanol–water partition coefficient (Wildman–Crippen LogP) is 2.09. The first-order valence-electron chi connectivity index (χ1n) is 7.86. The predicted molar refractivity (Wildman–Crippen MR) is 95.3 cm³/mol. The zero-order chi connectivity index (χ0) is 18.1. The lowest BCUT2D eigenvalue weighted by molar-refractivity contribution is 0.0946. The van der Waals surface area contributed by atoms with Crippen molar-refractivity contribution in [1.29, 1.82) is 0 Å². The molecule has 7 nitrogen and oxygen atoms in total. The number of benzene rings is 1. The lowest BCUT2D eigenvalue weighted by Gasteiger charge is -2.10. The number of nitrogens with zero attached hydrogens (tertiary/aromatic N) is 1. The third-order valence-corrected chi connectivity index (χ3v) is 3.53. The van der Waals surface area contributed by atoms with Crippen LogP contribution in [0, 0.1) is 0 Å². The van der Waals surface area contributed by atoms with Crippen molar-refractivity contribution >= 4 is 11.6 Å². The van der Waals surface area contributed by atoms with E-state index in [1.165, 1.54) is 0 Å². The molecule has 2 rings (SSSR count). The third kappa shape index (κ3) is 5.36. The SMILES string of the molecule is COCCNc1ccc(C(=O)NCc2ccc(OC)c(OC)c2)nc1. The number of ether oxygens (including phenoxy) is 3. The van der Waals surface area contributed by atoms with Crippen LogP contribution >= 0.6 is 0 Å². The fraction of sp³-hybridized carbons (Fsp3) is 0.333. The van der Waals surface area contributed by atoms with Gasteiger partial charge in [0.25, 0.3) is 5.91 Å². The molecule has 2 aromatic rings. The van der Waals surface area contributed by atoms with E-state index in [4.69, 9.17) is 14.2 Å². The highest BCUT2D eigenvalue weighted by molar-refractivity contribution is 5.92. The molecule has 0 aliphatic carbocycles. The highest BCUT2D eigenvalue weighted by atomic mass is 16.5. The lowest BCUT2D eigenvalue weighted by atomic mass is 10.2. The van der Waals surface area contributed by atoms with Gasteiger partial charge < -0.3 is 24.8 Å². The van der Waals surface area contributed by atoms with Gasteiger partial charge in [0.05, 0.1) is 32.7 Å². The molecule has 0 radical (unpaired) electrons. The summed E-state index contributed by atoms with van der Waals surface area (Å²) in [5, 5.41) is 5.99. The van der Waals surface area contributed by atoms with E-state index in [-0.39, 0.29) is 5.91 Å². The summed E-state index contributed by atoms with van der Waals surface area (Å²) in [5.74, 6) is 1.04. The standard InChI is InChI=1S/C18H23N3O4/c1-23-9-8-19-14-5-6-15(20-12-14)18(22)21-11-13-4-7-16(24-2)17(10-13)25-3/h4-7,10,12,19H,8-9,11H2,1-3H3,(H,21,22). The van der Waals surface area contributed by atoms with E-state index in [2.05, 4.69) is 15.6 Å². The van der Waals surface area contributed by atoms with Gasteiger partial charge in [0.15, 0.2) is 11.5 Å². The second-order valence-electron chi connectivity index (χ2n) is 5.22. The van der Waals surface area contributed by atoms with E-state index in [0.29, 0.717) is 36.9 Å². The molecule has 1 aromatic heterocycles. The van der Waals surface area contributed by atoms with Crippen molar-refractivity contribution in [2.75, 3.05) is 39.8 Å². The Morgan fingerprint density at radius 3 is 2.52 bits per heavy atom. The first-order valence-corrected chi connectivity index (χ1v) is 7.86. The summed E-state index contributed by atoms with van der Waals surface area (Å²) >= 11 is 0. The Bertz CT molecular complexity index is 689. The summed E-state index contributed by atoms with van der Waals surface area (Å²) in [5.41, 5.74) is 2.11. The van der Waals surface area contributed by atoms with E-state index >= 15 is 0 Å². The zero-order valence-corrected chi connectivity index (χ0v) is 14.7. The summed E-state index contributed by atoms with van der Waals surface area (Å²) in [6, 6.07) is 9.00. The van der Waals surface area contributed by atoms with Crippen LogP contribution in [0.1, 0.15) is 16.1 Å². The first kappa shape index (κ1) is 18.5. The summed E-state index contributed by atoms with van der Waals surface area (Å²) in [4.78, 5) is 16.4. The van der Waals surface area contributed by atoms with Crippen molar-refractivity contribution in [3.63, 3.8) is 0 Å². The van der Waals surface area contributed by atoms with Crippen LogP contribution in [0.25, 0.3) is 0 Å². The van der Waals surface area contributed by atoms with E-state index in [9.17, 15) is 4.79 Å². The van der Waals surface area contributed by atoms with Gasteiger partial charge in [0, 0.05) is 20.2 Å². The Kier molecular flexibility index (Phi) is 7.03. The number of aromatic nitrogens is 1. The number of methoxy groups -OCH3 is 3. The maximum atomic E-state index is 12.2. The number of pyridine rings is 1. The average Bonchev–Trinajstić information content (AvgIpc) is 2.66. The number of nitrogens with one attached hydrogen (secondary N) is 2. The van der Waals surface area contributed by atoms with Crippen LogP contribution in [0.3, 0.4) is 0 Å². The van der Waals surface area contributed by atoms with Gasteiger partial charge in [-0.05, 0) is 29.8 Å². The van der Waals surface area contributed by atoms with Crippen LogP contribution in [0.15, 0.2) is 36.5 Å². The van der Waals surface area contributed by atoms with Gasteiger partial charge in [-0.1, -0.05) is 6.07 Å². The number of rotatable bonds is 9. The summed E-state index contributed by atoms with van der Waals surface area (Å²) in [6.45, 7) is 1.66. The van der Waals surface area contributed by atoms with E-state index in [1.54, 1.807) is 39.7 Å². The van der Waals surface area contributed by atoms with Gasteiger partial charge in [-0.3, -0.25) is 4.79 Å². The van der Waals surface area contributed by atoms with Crippen LogP contribution in [-0.4, -0.2) is 45.4 Å². The molecular formula is C18H23N3O4. The van der Waals surface area contributed by atoms with Gasteiger partial charge in [-0.25, -0.2) is 4.98 Å². The second-order valence-corrected chi connectivity index (χ2v) is 5.22. The number of anilines is 1. The van der Waals surface area contributed by atoms with Gasteiger partial charge >= 0.3 is 0 Å². The minimum Gasteiger partial charge on any atom is -0.493 e. The molecule has 7 heteroatoms. The maximum Gasteiger partial charge on any atom is 0.270 e. The highest BCUT2D eigenvalue weighted by Gasteiger charge is 2.09. The van der Waals surface area contributed by atoms with E-state index < -0.39 is 0 Å². The van der Waals surface area contributed by atoms with Crippen molar-refractivity contribution in [1.82, 2.24) is 10.3 Å². The lowest BCUT2D eigenvalue weighted by Crippen LogP contribution is -2.23.